The second kappa shape index (κ2) is 7.49. The molecule has 0 spiro atoms. The van der Waals surface area contributed by atoms with Crippen molar-refractivity contribution in [3.8, 4) is 0 Å². The Hall–Kier alpha value is -1.09. The molecule has 0 bridgehead atoms. The topological polar surface area (TPSA) is 28.2 Å². The van der Waals surface area contributed by atoms with Crippen LogP contribution < -0.4 is 10.2 Å². The SMILES string of the molecule is CCCNCc1ccc(N(CC)CC2CCC2)nc1. The van der Waals surface area contributed by atoms with E-state index >= 15 is 0 Å². The molecule has 0 aliphatic heterocycles. The highest BCUT2D eigenvalue weighted by Gasteiger charge is 2.20. The van der Waals surface area contributed by atoms with Crippen molar-refractivity contribution in [3.05, 3.63) is 23.9 Å². The van der Waals surface area contributed by atoms with E-state index in [1.54, 1.807) is 0 Å². The highest BCUT2D eigenvalue weighted by atomic mass is 15.2. The number of rotatable bonds is 8. The summed E-state index contributed by atoms with van der Waals surface area (Å²) in [4.78, 5) is 7.04. The molecule has 0 unspecified atom stereocenters. The van der Waals surface area contributed by atoms with E-state index in [1.807, 2.05) is 6.20 Å². The number of hydrogen-bond donors (Lipinski definition) is 1. The standard InChI is InChI=1S/C16H27N3/c1-3-10-17-11-15-8-9-16(18-12-15)19(4-2)13-14-6-5-7-14/h8-9,12,14,17H,3-7,10-11,13H2,1-2H3. The van der Waals surface area contributed by atoms with Gasteiger partial charge in [-0.1, -0.05) is 19.4 Å². The quantitative estimate of drug-likeness (QED) is 0.728. The molecule has 1 aliphatic rings. The molecule has 1 aromatic heterocycles. The minimum Gasteiger partial charge on any atom is -0.357 e. The molecule has 1 saturated carbocycles. The van der Waals surface area contributed by atoms with Crippen LogP contribution in [0.1, 0.15) is 45.1 Å². The monoisotopic (exact) mass is 261 g/mol. The number of anilines is 1. The van der Waals surface area contributed by atoms with Gasteiger partial charge >= 0.3 is 0 Å². The van der Waals surface area contributed by atoms with Crippen molar-refractivity contribution in [2.45, 2.75) is 46.1 Å². The summed E-state index contributed by atoms with van der Waals surface area (Å²) in [6, 6.07) is 4.37. The lowest BCUT2D eigenvalue weighted by molar-refractivity contribution is 0.318. The summed E-state index contributed by atoms with van der Waals surface area (Å²) < 4.78 is 0. The Balaban J connectivity index is 1.87. The molecule has 1 aromatic rings. The second-order valence-corrected chi connectivity index (χ2v) is 5.54. The van der Waals surface area contributed by atoms with Crippen molar-refractivity contribution in [1.82, 2.24) is 10.3 Å². The van der Waals surface area contributed by atoms with Crippen LogP contribution in [0.4, 0.5) is 5.82 Å². The zero-order valence-electron chi connectivity index (χ0n) is 12.4. The zero-order chi connectivity index (χ0) is 13.5. The molecule has 2 rings (SSSR count). The molecule has 1 fully saturated rings. The maximum Gasteiger partial charge on any atom is 0.128 e. The first kappa shape index (κ1) is 14.3. The smallest absolute Gasteiger partial charge is 0.128 e. The number of pyridine rings is 1. The second-order valence-electron chi connectivity index (χ2n) is 5.54. The van der Waals surface area contributed by atoms with Gasteiger partial charge in [-0.3, -0.25) is 0 Å². The molecular weight excluding hydrogens is 234 g/mol. The maximum atomic E-state index is 4.63. The van der Waals surface area contributed by atoms with Gasteiger partial charge in [0.15, 0.2) is 0 Å². The van der Waals surface area contributed by atoms with E-state index in [0.717, 1.165) is 31.4 Å². The first-order valence-corrected chi connectivity index (χ1v) is 7.74. The predicted octanol–water partition coefficient (Wildman–Crippen LogP) is 3.21. The molecule has 0 saturated heterocycles. The number of aromatic nitrogens is 1. The van der Waals surface area contributed by atoms with Crippen LogP contribution >= 0.6 is 0 Å². The molecule has 0 amide bonds. The van der Waals surface area contributed by atoms with Crippen LogP contribution in [0.25, 0.3) is 0 Å². The Bertz CT molecular complexity index is 357. The Morgan fingerprint density at radius 1 is 1.32 bits per heavy atom. The Morgan fingerprint density at radius 3 is 2.68 bits per heavy atom. The first-order chi connectivity index (χ1) is 9.33. The summed E-state index contributed by atoms with van der Waals surface area (Å²) in [6.45, 7) is 8.64. The Morgan fingerprint density at radius 2 is 2.16 bits per heavy atom. The Kier molecular flexibility index (Phi) is 5.64. The number of nitrogens with one attached hydrogen (secondary N) is 1. The van der Waals surface area contributed by atoms with Crippen molar-refractivity contribution in [1.29, 1.82) is 0 Å². The molecule has 19 heavy (non-hydrogen) atoms. The van der Waals surface area contributed by atoms with Gasteiger partial charge in [-0.05, 0) is 50.3 Å². The average Bonchev–Trinajstić information content (AvgIpc) is 2.39. The molecule has 0 aromatic carbocycles. The zero-order valence-corrected chi connectivity index (χ0v) is 12.4. The van der Waals surface area contributed by atoms with Crippen molar-refractivity contribution >= 4 is 5.82 Å². The third-order valence-electron chi connectivity index (χ3n) is 3.97. The molecule has 0 atom stereocenters. The van der Waals surface area contributed by atoms with Crippen molar-refractivity contribution in [2.24, 2.45) is 5.92 Å². The van der Waals surface area contributed by atoms with Gasteiger partial charge in [-0.2, -0.15) is 0 Å². The van der Waals surface area contributed by atoms with Gasteiger partial charge in [-0.25, -0.2) is 4.98 Å². The summed E-state index contributed by atoms with van der Waals surface area (Å²) in [7, 11) is 0. The molecule has 1 N–H and O–H groups in total. The molecule has 3 heteroatoms. The Labute approximate surface area is 117 Å². The van der Waals surface area contributed by atoms with E-state index in [4.69, 9.17) is 0 Å². The summed E-state index contributed by atoms with van der Waals surface area (Å²) in [6.07, 6.45) is 7.40. The lowest BCUT2D eigenvalue weighted by Crippen LogP contribution is -2.33. The molecular formula is C16H27N3. The van der Waals surface area contributed by atoms with E-state index in [0.29, 0.717) is 0 Å². The third kappa shape index (κ3) is 4.20. The van der Waals surface area contributed by atoms with E-state index in [1.165, 1.54) is 37.8 Å². The molecule has 0 radical (unpaired) electrons. The molecule has 1 aliphatic carbocycles. The fraction of sp³-hybridized carbons (Fsp3) is 0.688. The normalized spacial score (nSPS) is 15.3. The third-order valence-corrected chi connectivity index (χ3v) is 3.97. The van der Waals surface area contributed by atoms with Gasteiger partial charge in [0.05, 0.1) is 0 Å². The summed E-state index contributed by atoms with van der Waals surface area (Å²) >= 11 is 0. The van der Waals surface area contributed by atoms with Gasteiger partial charge in [0.2, 0.25) is 0 Å². The van der Waals surface area contributed by atoms with Crippen molar-refractivity contribution in [3.63, 3.8) is 0 Å². The number of nitrogens with zero attached hydrogens (tertiary/aromatic N) is 2. The van der Waals surface area contributed by atoms with Gasteiger partial charge in [0.25, 0.3) is 0 Å². The number of hydrogen-bond acceptors (Lipinski definition) is 3. The summed E-state index contributed by atoms with van der Waals surface area (Å²) in [5.74, 6) is 2.03. The van der Waals surface area contributed by atoms with Crippen molar-refractivity contribution in [2.75, 3.05) is 24.5 Å². The van der Waals surface area contributed by atoms with Gasteiger partial charge in [-0.15, -0.1) is 0 Å². The fourth-order valence-corrected chi connectivity index (χ4v) is 2.49. The molecule has 106 valence electrons. The van der Waals surface area contributed by atoms with Gasteiger partial charge < -0.3 is 10.2 Å². The fourth-order valence-electron chi connectivity index (χ4n) is 2.49. The van der Waals surface area contributed by atoms with E-state index < -0.39 is 0 Å². The van der Waals surface area contributed by atoms with E-state index in [-0.39, 0.29) is 0 Å². The average molecular weight is 261 g/mol. The first-order valence-electron chi connectivity index (χ1n) is 7.74. The van der Waals surface area contributed by atoms with Crippen LogP contribution in [0, 0.1) is 5.92 Å². The predicted molar refractivity (Wildman–Crippen MR) is 81.5 cm³/mol. The van der Waals surface area contributed by atoms with Crippen LogP contribution in [-0.4, -0.2) is 24.6 Å². The van der Waals surface area contributed by atoms with Crippen LogP contribution in [0.3, 0.4) is 0 Å². The maximum absolute atomic E-state index is 4.63. The van der Waals surface area contributed by atoms with Crippen LogP contribution in [0.2, 0.25) is 0 Å². The highest BCUT2D eigenvalue weighted by molar-refractivity contribution is 5.39. The highest BCUT2D eigenvalue weighted by Crippen LogP contribution is 2.28. The van der Waals surface area contributed by atoms with Gasteiger partial charge in [0, 0.05) is 25.8 Å². The van der Waals surface area contributed by atoms with E-state index in [9.17, 15) is 0 Å². The van der Waals surface area contributed by atoms with Crippen LogP contribution in [-0.2, 0) is 6.54 Å². The lowest BCUT2D eigenvalue weighted by Gasteiger charge is -2.32. The van der Waals surface area contributed by atoms with E-state index in [2.05, 4.69) is 41.2 Å². The molecule has 1 heterocycles. The molecule has 3 nitrogen and oxygen atoms in total. The van der Waals surface area contributed by atoms with Crippen molar-refractivity contribution < 1.29 is 0 Å². The summed E-state index contributed by atoms with van der Waals surface area (Å²) in [5.41, 5.74) is 1.27. The van der Waals surface area contributed by atoms with Crippen LogP contribution in [0.15, 0.2) is 18.3 Å². The minimum atomic E-state index is 0.896. The largest absolute Gasteiger partial charge is 0.357 e. The van der Waals surface area contributed by atoms with Crippen LogP contribution in [0.5, 0.6) is 0 Å². The summed E-state index contributed by atoms with van der Waals surface area (Å²) in [5, 5.41) is 3.41. The lowest BCUT2D eigenvalue weighted by atomic mass is 9.85. The minimum absolute atomic E-state index is 0.896. The van der Waals surface area contributed by atoms with Gasteiger partial charge in [0.1, 0.15) is 5.82 Å².